The van der Waals surface area contributed by atoms with Gasteiger partial charge in [0.2, 0.25) is 0 Å². The Morgan fingerprint density at radius 3 is 1.93 bits per heavy atom. The van der Waals surface area contributed by atoms with Crippen LogP contribution in [-0.4, -0.2) is 22.6 Å². The minimum absolute atomic E-state index is 0.403. The van der Waals surface area contributed by atoms with Gasteiger partial charge >= 0.3 is 11.9 Å². The van der Waals surface area contributed by atoms with Gasteiger partial charge in [-0.15, -0.1) is 0 Å². The van der Waals surface area contributed by atoms with Crippen LogP contribution in [0.15, 0.2) is 0 Å². The van der Waals surface area contributed by atoms with Crippen molar-refractivity contribution in [3.05, 3.63) is 0 Å². The number of rotatable bonds is 2. The Morgan fingerprint density at radius 2 is 1.67 bits per heavy atom. The van der Waals surface area contributed by atoms with Crippen LogP contribution in [0.25, 0.3) is 0 Å². The summed E-state index contributed by atoms with van der Waals surface area (Å²) in [5.41, 5.74) is -1.03. The van der Waals surface area contributed by atoms with E-state index in [1.165, 1.54) is 0 Å². The van der Waals surface area contributed by atoms with E-state index in [1.54, 1.807) is 34.6 Å². The lowest BCUT2D eigenvalue weighted by Gasteiger charge is -2.19. The van der Waals surface area contributed by atoms with Crippen LogP contribution in [0.5, 0.6) is 0 Å². The van der Waals surface area contributed by atoms with Gasteiger partial charge in [-0.1, -0.05) is 13.8 Å². The lowest BCUT2D eigenvalue weighted by atomic mass is 10.1. The molecule has 86 valence electrons. The normalized spacial score (nSPS) is 28.3. The van der Waals surface area contributed by atoms with Gasteiger partial charge in [0.25, 0.3) is 0 Å². The molecule has 0 aliphatic heterocycles. The number of ether oxygens (including phenoxy) is 1. The molecule has 0 aromatic heterocycles. The van der Waals surface area contributed by atoms with Gasteiger partial charge in [0.1, 0.15) is 5.60 Å². The molecule has 1 N–H and O–H groups in total. The summed E-state index contributed by atoms with van der Waals surface area (Å²) in [5, 5.41) is 8.90. The summed E-state index contributed by atoms with van der Waals surface area (Å²) >= 11 is 0. The summed E-state index contributed by atoms with van der Waals surface area (Å²) in [5.74, 6) is -2.43. The maximum Gasteiger partial charge on any atom is 0.310 e. The van der Waals surface area contributed by atoms with Gasteiger partial charge in [0.15, 0.2) is 0 Å². The van der Waals surface area contributed by atoms with E-state index in [9.17, 15) is 9.59 Å². The molecule has 1 aliphatic carbocycles. The van der Waals surface area contributed by atoms with E-state index < -0.39 is 34.8 Å². The Balaban J connectivity index is 2.69. The second-order valence-corrected chi connectivity index (χ2v) is 5.65. The fraction of sp³-hybridized carbons (Fsp3) is 0.818. The predicted molar refractivity (Wildman–Crippen MR) is 54.2 cm³/mol. The van der Waals surface area contributed by atoms with Crippen LogP contribution in [-0.2, 0) is 14.3 Å². The van der Waals surface area contributed by atoms with E-state index in [4.69, 9.17) is 9.84 Å². The van der Waals surface area contributed by atoms with Gasteiger partial charge in [-0.3, -0.25) is 9.59 Å². The van der Waals surface area contributed by atoms with Gasteiger partial charge in [-0.25, -0.2) is 0 Å². The van der Waals surface area contributed by atoms with Crippen LogP contribution in [0.3, 0.4) is 0 Å². The van der Waals surface area contributed by atoms with Crippen molar-refractivity contribution >= 4 is 11.9 Å². The standard InChI is InChI=1S/C11H18O4/c1-10(2,3)15-9(14)7-6(8(12)13)11(7,4)5/h6-7H,1-5H3,(H,12,13)/t6-,7-/m1/s1. The van der Waals surface area contributed by atoms with E-state index in [0.29, 0.717) is 0 Å². The fourth-order valence-corrected chi connectivity index (χ4v) is 1.90. The van der Waals surface area contributed by atoms with Crippen molar-refractivity contribution in [2.75, 3.05) is 0 Å². The molecule has 4 heteroatoms. The zero-order chi connectivity index (χ0) is 12.0. The van der Waals surface area contributed by atoms with Crippen molar-refractivity contribution in [3.63, 3.8) is 0 Å². The molecule has 0 amide bonds. The molecular weight excluding hydrogens is 196 g/mol. The van der Waals surface area contributed by atoms with Crippen LogP contribution >= 0.6 is 0 Å². The Labute approximate surface area is 89.6 Å². The minimum atomic E-state index is -0.921. The lowest BCUT2D eigenvalue weighted by molar-refractivity contribution is -0.159. The first-order chi connectivity index (χ1) is 6.57. The Hall–Kier alpha value is -1.06. The number of esters is 1. The Kier molecular flexibility index (Phi) is 2.58. The highest BCUT2D eigenvalue weighted by Gasteiger charge is 2.67. The number of carboxylic acid groups (broad SMARTS) is 1. The Morgan fingerprint density at radius 1 is 1.20 bits per heavy atom. The molecule has 2 atom stereocenters. The first-order valence-electron chi connectivity index (χ1n) is 5.03. The topological polar surface area (TPSA) is 63.6 Å². The van der Waals surface area contributed by atoms with Crippen molar-refractivity contribution in [3.8, 4) is 0 Å². The molecule has 0 unspecified atom stereocenters. The predicted octanol–water partition coefficient (Wildman–Crippen LogP) is 1.68. The molecule has 1 rings (SSSR count). The molecule has 0 bridgehead atoms. The van der Waals surface area contributed by atoms with Crippen molar-refractivity contribution in [1.29, 1.82) is 0 Å². The first-order valence-corrected chi connectivity index (χ1v) is 5.03. The number of aliphatic carboxylic acids is 1. The third-order valence-electron chi connectivity index (χ3n) is 2.75. The summed E-state index contributed by atoms with van der Waals surface area (Å²) in [6.07, 6.45) is 0. The van der Waals surface area contributed by atoms with Crippen molar-refractivity contribution in [2.45, 2.75) is 40.2 Å². The molecule has 4 nitrogen and oxygen atoms in total. The molecule has 1 fully saturated rings. The highest BCUT2D eigenvalue weighted by molar-refractivity contribution is 5.88. The Bertz CT molecular complexity index is 298. The smallest absolute Gasteiger partial charge is 0.310 e. The van der Waals surface area contributed by atoms with Crippen LogP contribution < -0.4 is 0 Å². The van der Waals surface area contributed by atoms with Gasteiger partial charge in [0, 0.05) is 0 Å². The maximum atomic E-state index is 11.7. The molecule has 1 saturated carbocycles. The average molecular weight is 214 g/mol. The number of hydrogen-bond donors (Lipinski definition) is 1. The molecule has 0 radical (unpaired) electrons. The van der Waals surface area contributed by atoms with E-state index in [1.807, 2.05) is 0 Å². The third-order valence-corrected chi connectivity index (χ3v) is 2.75. The summed E-state index contributed by atoms with van der Waals surface area (Å²) < 4.78 is 5.18. The highest BCUT2D eigenvalue weighted by Crippen LogP contribution is 2.59. The monoisotopic (exact) mass is 214 g/mol. The zero-order valence-electron chi connectivity index (χ0n) is 9.83. The number of carbonyl (C=O) groups is 2. The fourth-order valence-electron chi connectivity index (χ4n) is 1.90. The molecule has 0 saturated heterocycles. The molecule has 0 spiro atoms. The lowest BCUT2D eigenvalue weighted by Crippen LogP contribution is -2.26. The van der Waals surface area contributed by atoms with E-state index >= 15 is 0 Å². The van der Waals surface area contributed by atoms with Gasteiger partial charge in [0.05, 0.1) is 11.8 Å². The molecule has 15 heavy (non-hydrogen) atoms. The van der Waals surface area contributed by atoms with Gasteiger partial charge < -0.3 is 9.84 Å². The van der Waals surface area contributed by atoms with Crippen molar-refractivity contribution < 1.29 is 19.4 Å². The number of carbonyl (C=O) groups excluding carboxylic acids is 1. The largest absolute Gasteiger partial charge is 0.481 e. The molecule has 0 aromatic rings. The quantitative estimate of drug-likeness (QED) is 0.710. The summed E-state index contributed by atoms with van der Waals surface area (Å²) in [6.45, 7) is 8.88. The number of hydrogen-bond acceptors (Lipinski definition) is 3. The molecular formula is C11H18O4. The average Bonchev–Trinajstić information content (AvgIpc) is 2.49. The SMILES string of the molecule is CC(C)(C)OC(=O)[C@H]1[C@H](C(=O)O)C1(C)C. The zero-order valence-corrected chi connectivity index (χ0v) is 9.83. The van der Waals surface area contributed by atoms with Crippen LogP contribution in [0.1, 0.15) is 34.6 Å². The van der Waals surface area contributed by atoms with E-state index in [-0.39, 0.29) is 0 Å². The first kappa shape index (κ1) is 12.0. The maximum absolute atomic E-state index is 11.7. The molecule has 0 aromatic carbocycles. The summed E-state index contributed by atoms with van der Waals surface area (Å²) in [7, 11) is 0. The second kappa shape index (κ2) is 3.22. The van der Waals surface area contributed by atoms with Gasteiger partial charge in [-0.2, -0.15) is 0 Å². The highest BCUT2D eigenvalue weighted by atomic mass is 16.6. The van der Waals surface area contributed by atoms with Gasteiger partial charge in [-0.05, 0) is 26.2 Å². The van der Waals surface area contributed by atoms with Crippen LogP contribution in [0.4, 0.5) is 0 Å². The minimum Gasteiger partial charge on any atom is -0.481 e. The van der Waals surface area contributed by atoms with Crippen molar-refractivity contribution in [1.82, 2.24) is 0 Å². The number of carboxylic acids is 1. The van der Waals surface area contributed by atoms with Crippen LogP contribution in [0, 0.1) is 17.3 Å². The van der Waals surface area contributed by atoms with Crippen LogP contribution in [0.2, 0.25) is 0 Å². The van der Waals surface area contributed by atoms with E-state index in [2.05, 4.69) is 0 Å². The molecule has 0 heterocycles. The van der Waals surface area contributed by atoms with E-state index in [0.717, 1.165) is 0 Å². The second-order valence-electron chi connectivity index (χ2n) is 5.65. The summed E-state index contributed by atoms with van der Waals surface area (Å²) in [4.78, 5) is 22.5. The third kappa shape index (κ3) is 2.30. The van der Waals surface area contributed by atoms with Crippen molar-refractivity contribution in [2.24, 2.45) is 17.3 Å². The molecule has 1 aliphatic rings. The summed E-state index contributed by atoms with van der Waals surface area (Å²) in [6, 6.07) is 0.